The van der Waals surface area contributed by atoms with Gasteiger partial charge in [0.25, 0.3) is 0 Å². The largest absolute Gasteiger partial charge is 0.480 e. The molecule has 1 aromatic carbocycles. The van der Waals surface area contributed by atoms with Gasteiger partial charge in [-0.05, 0) is 30.5 Å². The lowest BCUT2D eigenvalue weighted by molar-refractivity contribution is -0.140. The first-order chi connectivity index (χ1) is 9.86. The quantitative estimate of drug-likeness (QED) is 0.863. The van der Waals surface area contributed by atoms with Crippen LogP contribution in [0.3, 0.4) is 0 Å². The van der Waals surface area contributed by atoms with E-state index in [1.54, 1.807) is 0 Å². The van der Waals surface area contributed by atoms with Gasteiger partial charge in [0, 0.05) is 0 Å². The highest BCUT2D eigenvalue weighted by molar-refractivity contribution is 7.89. The Labute approximate surface area is 126 Å². The fraction of sp³-hybridized carbons (Fsp3) is 0.462. The number of aliphatic carboxylic acids is 1. The Kier molecular flexibility index (Phi) is 5.24. The maximum atomic E-state index is 12.7. The number of nitrogens with one attached hydrogen (secondary N) is 1. The van der Waals surface area contributed by atoms with Crippen molar-refractivity contribution in [3.63, 3.8) is 0 Å². The Balaban J connectivity index is 3.31. The first-order valence-corrected chi connectivity index (χ1v) is 7.77. The van der Waals surface area contributed by atoms with Gasteiger partial charge in [0.05, 0.1) is 10.5 Å². The number of rotatable bonds is 5. The van der Waals surface area contributed by atoms with Crippen LogP contribution in [0, 0.1) is 12.8 Å². The van der Waals surface area contributed by atoms with Crippen molar-refractivity contribution in [2.45, 2.75) is 37.9 Å². The molecule has 124 valence electrons. The molecule has 0 aliphatic rings. The lowest BCUT2D eigenvalue weighted by Crippen LogP contribution is -2.44. The average molecular weight is 339 g/mol. The van der Waals surface area contributed by atoms with Crippen LogP contribution in [0.15, 0.2) is 23.1 Å². The van der Waals surface area contributed by atoms with Crippen LogP contribution in [0.5, 0.6) is 0 Å². The average Bonchev–Trinajstić information content (AvgIpc) is 2.34. The van der Waals surface area contributed by atoms with E-state index in [0.29, 0.717) is 6.07 Å². The molecular formula is C13H16F3NO4S. The summed E-state index contributed by atoms with van der Waals surface area (Å²) < 4.78 is 64.4. The molecule has 0 aliphatic carbocycles. The highest BCUT2D eigenvalue weighted by Gasteiger charge is 2.34. The number of carboxylic acids is 1. The standard InChI is InChI=1S/C13H16F3NO4S/c1-7(2)11(12(18)19)17-22(20,21)10-6-9(13(14,15)16)5-4-8(10)3/h4-7,11,17H,1-3H3,(H,18,19)/t11-/m0/s1. The molecule has 22 heavy (non-hydrogen) atoms. The lowest BCUT2D eigenvalue weighted by atomic mass is 10.1. The van der Waals surface area contributed by atoms with E-state index in [9.17, 15) is 26.4 Å². The summed E-state index contributed by atoms with van der Waals surface area (Å²) in [5.41, 5.74) is -1.02. The van der Waals surface area contributed by atoms with Crippen molar-refractivity contribution in [3.05, 3.63) is 29.3 Å². The van der Waals surface area contributed by atoms with Gasteiger partial charge in [-0.15, -0.1) is 0 Å². The molecule has 0 fully saturated rings. The number of hydrogen-bond acceptors (Lipinski definition) is 3. The van der Waals surface area contributed by atoms with E-state index in [4.69, 9.17) is 5.11 Å². The topological polar surface area (TPSA) is 83.5 Å². The van der Waals surface area contributed by atoms with Crippen molar-refractivity contribution in [3.8, 4) is 0 Å². The van der Waals surface area contributed by atoms with E-state index in [2.05, 4.69) is 0 Å². The van der Waals surface area contributed by atoms with Crippen LogP contribution in [-0.2, 0) is 21.0 Å². The highest BCUT2D eigenvalue weighted by atomic mass is 32.2. The number of sulfonamides is 1. The van der Waals surface area contributed by atoms with Gasteiger partial charge < -0.3 is 5.11 Å². The third-order valence-electron chi connectivity index (χ3n) is 3.02. The predicted molar refractivity (Wildman–Crippen MR) is 72.8 cm³/mol. The van der Waals surface area contributed by atoms with E-state index in [0.717, 1.165) is 12.1 Å². The van der Waals surface area contributed by atoms with Gasteiger partial charge in [-0.25, -0.2) is 8.42 Å². The third kappa shape index (κ3) is 4.20. The Morgan fingerprint density at radius 3 is 2.23 bits per heavy atom. The molecule has 0 aliphatic heterocycles. The molecule has 0 unspecified atom stereocenters. The first kappa shape index (κ1) is 18.4. The van der Waals surface area contributed by atoms with Crippen molar-refractivity contribution < 1.29 is 31.5 Å². The summed E-state index contributed by atoms with van der Waals surface area (Å²) in [5.74, 6) is -1.97. The maximum Gasteiger partial charge on any atom is 0.416 e. The summed E-state index contributed by atoms with van der Waals surface area (Å²) in [4.78, 5) is 10.5. The second-order valence-electron chi connectivity index (χ2n) is 5.16. The molecule has 0 saturated heterocycles. The van der Waals surface area contributed by atoms with Crippen LogP contribution in [-0.4, -0.2) is 25.5 Å². The fourth-order valence-electron chi connectivity index (χ4n) is 1.77. The van der Waals surface area contributed by atoms with Crippen LogP contribution in [0.2, 0.25) is 0 Å². The van der Waals surface area contributed by atoms with E-state index in [1.165, 1.54) is 20.8 Å². The van der Waals surface area contributed by atoms with Gasteiger partial charge in [0.1, 0.15) is 6.04 Å². The smallest absolute Gasteiger partial charge is 0.416 e. The molecule has 0 saturated carbocycles. The molecule has 9 heteroatoms. The van der Waals surface area contributed by atoms with Crippen molar-refractivity contribution in [1.29, 1.82) is 0 Å². The van der Waals surface area contributed by atoms with Gasteiger partial charge in [-0.3, -0.25) is 4.79 Å². The van der Waals surface area contributed by atoms with Gasteiger partial charge in [-0.1, -0.05) is 19.9 Å². The highest BCUT2D eigenvalue weighted by Crippen LogP contribution is 2.31. The van der Waals surface area contributed by atoms with Crippen LogP contribution >= 0.6 is 0 Å². The number of carbonyl (C=O) groups is 1. The normalized spacial score (nSPS) is 14.1. The van der Waals surface area contributed by atoms with Crippen LogP contribution in [0.4, 0.5) is 13.2 Å². The minimum Gasteiger partial charge on any atom is -0.480 e. The number of aryl methyl sites for hydroxylation is 1. The second kappa shape index (κ2) is 6.25. The number of carboxylic acid groups (broad SMARTS) is 1. The summed E-state index contributed by atoms with van der Waals surface area (Å²) in [7, 11) is -4.39. The lowest BCUT2D eigenvalue weighted by Gasteiger charge is -2.19. The summed E-state index contributed by atoms with van der Waals surface area (Å²) in [6, 6.07) is 0.865. The molecule has 5 nitrogen and oxygen atoms in total. The van der Waals surface area contributed by atoms with E-state index >= 15 is 0 Å². The molecule has 1 atom stereocenters. The summed E-state index contributed by atoms with van der Waals surface area (Å²) in [5, 5.41) is 9.00. The minimum atomic E-state index is -4.69. The summed E-state index contributed by atoms with van der Waals surface area (Å²) in [6.07, 6.45) is -4.69. The molecule has 0 bridgehead atoms. The monoisotopic (exact) mass is 339 g/mol. The minimum absolute atomic E-state index is 0.0911. The number of alkyl halides is 3. The van der Waals surface area contributed by atoms with E-state index in [1.807, 2.05) is 4.72 Å². The predicted octanol–water partition coefficient (Wildman–Crippen LogP) is 2.40. The molecule has 1 rings (SSSR count). The summed E-state index contributed by atoms with van der Waals surface area (Å²) >= 11 is 0. The van der Waals surface area contributed by atoms with Crippen molar-refractivity contribution in [2.75, 3.05) is 0 Å². The first-order valence-electron chi connectivity index (χ1n) is 6.29. The van der Waals surface area contributed by atoms with Crippen molar-refractivity contribution >= 4 is 16.0 Å². The van der Waals surface area contributed by atoms with Crippen LogP contribution in [0.25, 0.3) is 0 Å². The van der Waals surface area contributed by atoms with Crippen molar-refractivity contribution in [2.24, 2.45) is 5.92 Å². The molecule has 0 aromatic heterocycles. The van der Waals surface area contributed by atoms with E-state index < -0.39 is 44.6 Å². The Morgan fingerprint density at radius 2 is 1.82 bits per heavy atom. The Morgan fingerprint density at radius 1 is 1.27 bits per heavy atom. The fourth-order valence-corrected chi connectivity index (χ4v) is 3.38. The molecular weight excluding hydrogens is 323 g/mol. The maximum absolute atomic E-state index is 12.7. The van der Waals surface area contributed by atoms with Crippen LogP contribution in [0.1, 0.15) is 25.0 Å². The zero-order valence-electron chi connectivity index (χ0n) is 12.1. The Bertz CT molecular complexity index is 668. The third-order valence-corrected chi connectivity index (χ3v) is 4.60. The molecule has 0 heterocycles. The van der Waals surface area contributed by atoms with E-state index in [-0.39, 0.29) is 5.56 Å². The molecule has 2 N–H and O–H groups in total. The molecule has 0 radical (unpaired) electrons. The molecule has 1 aromatic rings. The number of halogens is 3. The van der Waals surface area contributed by atoms with Gasteiger partial charge in [0.15, 0.2) is 0 Å². The van der Waals surface area contributed by atoms with Crippen molar-refractivity contribution in [1.82, 2.24) is 4.72 Å². The number of benzene rings is 1. The summed E-state index contributed by atoms with van der Waals surface area (Å²) in [6.45, 7) is 4.31. The zero-order valence-corrected chi connectivity index (χ0v) is 12.9. The second-order valence-corrected chi connectivity index (χ2v) is 6.84. The van der Waals surface area contributed by atoms with Gasteiger partial charge in [0.2, 0.25) is 10.0 Å². The van der Waals surface area contributed by atoms with Crippen LogP contribution < -0.4 is 4.72 Å². The SMILES string of the molecule is Cc1ccc(C(F)(F)F)cc1S(=O)(=O)N[C@H](C(=O)O)C(C)C. The van der Waals surface area contributed by atoms with Gasteiger partial charge in [-0.2, -0.15) is 17.9 Å². The van der Waals surface area contributed by atoms with Gasteiger partial charge >= 0.3 is 12.1 Å². The zero-order chi connectivity index (χ0) is 17.3. The molecule has 0 spiro atoms. The Hall–Kier alpha value is -1.61. The number of hydrogen-bond donors (Lipinski definition) is 2. The molecule has 0 amide bonds.